The van der Waals surface area contributed by atoms with Crippen molar-refractivity contribution >= 4 is 5.91 Å². The molecule has 0 aromatic rings. The molecule has 3 heteroatoms. The van der Waals surface area contributed by atoms with Crippen molar-refractivity contribution in [2.75, 3.05) is 7.05 Å². The van der Waals surface area contributed by atoms with Crippen LogP contribution in [-0.2, 0) is 4.79 Å². The van der Waals surface area contributed by atoms with E-state index in [1.165, 1.54) is 0 Å². The summed E-state index contributed by atoms with van der Waals surface area (Å²) in [5.74, 6) is 0.289. The average molecular weight is 179 g/mol. The number of allylic oxidation sites excluding steroid dienone is 2. The molecule has 3 nitrogen and oxygen atoms in total. The fourth-order valence-electron chi connectivity index (χ4n) is 1.13. The summed E-state index contributed by atoms with van der Waals surface area (Å²) < 4.78 is 0. The molecule has 0 saturated carbocycles. The molecule has 0 aromatic heterocycles. The normalized spacial score (nSPS) is 14.8. The maximum absolute atomic E-state index is 10.9. The van der Waals surface area contributed by atoms with E-state index in [-0.39, 0.29) is 11.7 Å². The summed E-state index contributed by atoms with van der Waals surface area (Å²) >= 11 is 0. The first-order chi connectivity index (χ1) is 6.22. The van der Waals surface area contributed by atoms with Crippen molar-refractivity contribution in [3.05, 3.63) is 22.8 Å². The maximum Gasteiger partial charge on any atom is 0.220 e. The highest BCUT2D eigenvalue weighted by atomic mass is 16.3. The van der Waals surface area contributed by atoms with E-state index in [4.69, 9.17) is 5.11 Å². The Morgan fingerprint density at radius 3 is 2.85 bits per heavy atom. The molecule has 2 N–H and O–H groups in total. The summed E-state index contributed by atoms with van der Waals surface area (Å²) in [6.07, 6.45) is 2.60. The Kier molecular flexibility index (Phi) is 3.39. The van der Waals surface area contributed by atoms with Crippen LogP contribution in [0.3, 0.4) is 0 Å². The van der Waals surface area contributed by atoms with Crippen LogP contribution in [0.15, 0.2) is 22.8 Å². The summed E-state index contributed by atoms with van der Waals surface area (Å²) in [5, 5.41) is 11.6. The summed E-state index contributed by atoms with van der Waals surface area (Å²) in [5.41, 5.74) is 6.53. The fraction of sp³-hybridized carbons (Fsp3) is 0.500. The molecule has 0 fully saturated rings. The highest BCUT2D eigenvalue weighted by molar-refractivity contribution is 5.75. The molecule has 13 heavy (non-hydrogen) atoms. The minimum Gasteiger partial charge on any atom is -0.504 e. The molecule has 0 atom stereocenters. The van der Waals surface area contributed by atoms with Gasteiger partial charge in [-0.05, 0) is 24.1 Å². The second kappa shape index (κ2) is 4.56. The maximum atomic E-state index is 10.9. The Balaban J connectivity index is 2.48. The first-order valence-electron chi connectivity index (χ1n) is 4.34. The SMILES string of the molecule is CNC(=O)CCC1=C=C=C(O)CC1. The Bertz CT molecular complexity index is 305. The number of amides is 1. The lowest BCUT2D eigenvalue weighted by molar-refractivity contribution is -0.120. The number of carbonyl (C=O) groups is 1. The summed E-state index contributed by atoms with van der Waals surface area (Å²) in [6, 6.07) is 0. The van der Waals surface area contributed by atoms with Crippen LogP contribution in [0.4, 0.5) is 0 Å². The van der Waals surface area contributed by atoms with Gasteiger partial charge in [0.1, 0.15) is 5.76 Å². The quantitative estimate of drug-likeness (QED) is 0.644. The summed E-state index contributed by atoms with van der Waals surface area (Å²) in [6.45, 7) is 0. The number of aliphatic hydroxyl groups excluding tert-OH is 1. The van der Waals surface area contributed by atoms with Crippen molar-refractivity contribution in [2.45, 2.75) is 25.7 Å². The van der Waals surface area contributed by atoms with Crippen LogP contribution in [0.25, 0.3) is 0 Å². The van der Waals surface area contributed by atoms with Gasteiger partial charge < -0.3 is 10.4 Å². The van der Waals surface area contributed by atoms with Gasteiger partial charge in [-0.25, -0.2) is 0 Å². The highest BCUT2D eigenvalue weighted by Crippen LogP contribution is 2.16. The summed E-state index contributed by atoms with van der Waals surface area (Å²) in [7, 11) is 1.62. The van der Waals surface area contributed by atoms with Crippen molar-refractivity contribution in [3.63, 3.8) is 0 Å². The molecule has 0 radical (unpaired) electrons. The van der Waals surface area contributed by atoms with Gasteiger partial charge in [-0.1, -0.05) is 5.73 Å². The third kappa shape index (κ3) is 3.20. The number of aliphatic hydroxyl groups is 1. The van der Waals surface area contributed by atoms with E-state index in [0.29, 0.717) is 19.3 Å². The minimum absolute atomic E-state index is 0.0353. The van der Waals surface area contributed by atoms with Crippen molar-refractivity contribution in [1.82, 2.24) is 5.32 Å². The molecule has 1 amide bonds. The molecule has 0 saturated heterocycles. The van der Waals surface area contributed by atoms with Gasteiger partial charge in [0.25, 0.3) is 0 Å². The molecule has 1 aliphatic rings. The van der Waals surface area contributed by atoms with E-state index in [1.54, 1.807) is 7.05 Å². The Morgan fingerprint density at radius 1 is 1.54 bits per heavy atom. The molecular formula is C10H13NO2. The number of hydrogen-bond donors (Lipinski definition) is 2. The average Bonchev–Trinajstić information content (AvgIpc) is 2.16. The predicted octanol–water partition coefficient (Wildman–Crippen LogP) is 1.43. The van der Waals surface area contributed by atoms with Crippen LogP contribution in [0.2, 0.25) is 0 Å². The molecule has 0 bridgehead atoms. The van der Waals surface area contributed by atoms with Gasteiger partial charge in [-0.3, -0.25) is 4.79 Å². The van der Waals surface area contributed by atoms with E-state index in [2.05, 4.69) is 16.8 Å². The van der Waals surface area contributed by atoms with Crippen LogP contribution in [0.1, 0.15) is 25.7 Å². The molecule has 0 aliphatic heterocycles. The van der Waals surface area contributed by atoms with E-state index in [1.807, 2.05) is 0 Å². The van der Waals surface area contributed by atoms with Gasteiger partial charge in [0.2, 0.25) is 5.91 Å². The molecule has 1 rings (SSSR count). The zero-order valence-corrected chi connectivity index (χ0v) is 7.68. The monoisotopic (exact) mass is 179 g/mol. The largest absolute Gasteiger partial charge is 0.504 e. The van der Waals surface area contributed by atoms with Crippen molar-refractivity contribution in [3.8, 4) is 0 Å². The van der Waals surface area contributed by atoms with Crippen LogP contribution < -0.4 is 5.32 Å². The Morgan fingerprint density at radius 2 is 2.31 bits per heavy atom. The smallest absolute Gasteiger partial charge is 0.220 e. The first-order valence-corrected chi connectivity index (χ1v) is 4.34. The lowest BCUT2D eigenvalue weighted by atomic mass is 10.0. The number of carbonyl (C=O) groups excluding carboxylic acids is 1. The van der Waals surface area contributed by atoms with Crippen molar-refractivity contribution < 1.29 is 9.90 Å². The molecule has 0 spiro atoms. The lowest BCUT2D eigenvalue weighted by Gasteiger charge is -2.05. The van der Waals surface area contributed by atoms with E-state index < -0.39 is 0 Å². The topological polar surface area (TPSA) is 49.3 Å². The predicted molar refractivity (Wildman–Crippen MR) is 49.2 cm³/mol. The standard InChI is InChI=1S/C10H13NO2/c1-11-10(13)7-4-8-2-5-9(12)6-3-8/h12H,2,4-5,7H2,1H3,(H,11,13). The summed E-state index contributed by atoms with van der Waals surface area (Å²) in [4.78, 5) is 10.9. The fourth-order valence-corrected chi connectivity index (χ4v) is 1.13. The molecule has 0 aromatic carbocycles. The zero-order chi connectivity index (χ0) is 9.68. The second-order valence-electron chi connectivity index (χ2n) is 2.97. The van der Waals surface area contributed by atoms with E-state index in [9.17, 15) is 4.79 Å². The molecule has 0 heterocycles. The third-order valence-electron chi connectivity index (χ3n) is 1.98. The van der Waals surface area contributed by atoms with Gasteiger partial charge in [0.15, 0.2) is 0 Å². The first kappa shape index (κ1) is 9.66. The number of hydrogen-bond acceptors (Lipinski definition) is 2. The molecular weight excluding hydrogens is 166 g/mol. The van der Waals surface area contributed by atoms with Gasteiger partial charge >= 0.3 is 0 Å². The Hall–Kier alpha value is -1.43. The second-order valence-corrected chi connectivity index (χ2v) is 2.97. The van der Waals surface area contributed by atoms with Crippen molar-refractivity contribution in [2.24, 2.45) is 0 Å². The van der Waals surface area contributed by atoms with Gasteiger partial charge in [0.05, 0.1) is 0 Å². The molecule has 0 unspecified atom stereocenters. The number of nitrogens with one attached hydrogen (secondary N) is 1. The zero-order valence-electron chi connectivity index (χ0n) is 7.68. The van der Waals surface area contributed by atoms with Crippen LogP contribution in [0.5, 0.6) is 0 Å². The Labute approximate surface area is 77.5 Å². The lowest BCUT2D eigenvalue weighted by Crippen LogP contribution is -2.17. The van der Waals surface area contributed by atoms with Crippen LogP contribution in [-0.4, -0.2) is 18.1 Å². The molecule has 70 valence electrons. The highest BCUT2D eigenvalue weighted by Gasteiger charge is 2.05. The molecule has 1 aliphatic carbocycles. The van der Waals surface area contributed by atoms with Gasteiger partial charge in [-0.15, -0.1) is 0 Å². The van der Waals surface area contributed by atoms with Gasteiger partial charge in [-0.2, -0.15) is 0 Å². The third-order valence-corrected chi connectivity index (χ3v) is 1.98. The number of rotatable bonds is 3. The van der Waals surface area contributed by atoms with E-state index >= 15 is 0 Å². The van der Waals surface area contributed by atoms with Crippen LogP contribution >= 0.6 is 0 Å². The van der Waals surface area contributed by atoms with Crippen molar-refractivity contribution in [1.29, 1.82) is 0 Å². The van der Waals surface area contributed by atoms with E-state index in [0.717, 1.165) is 12.0 Å². The van der Waals surface area contributed by atoms with Gasteiger partial charge in [0, 0.05) is 19.9 Å². The van der Waals surface area contributed by atoms with Crippen LogP contribution in [0, 0.1) is 0 Å². The minimum atomic E-state index is 0.0353.